The zero-order valence-corrected chi connectivity index (χ0v) is 15.3. The molecule has 5 heteroatoms. The van der Waals surface area contributed by atoms with Gasteiger partial charge in [-0.2, -0.15) is 0 Å². The third-order valence-corrected chi connectivity index (χ3v) is 5.82. The first-order valence-electron chi connectivity index (χ1n) is 9.70. The van der Waals surface area contributed by atoms with E-state index < -0.39 is 0 Å². The second-order valence-corrected chi connectivity index (χ2v) is 7.43. The third-order valence-electron chi connectivity index (χ3n) is 5.82. The molecule has 2 aliphatic rings. The summed E-state index contributed by atoms with van der Waals surface area (Å²) in [4.78, 5) is 14.6. The lowest BCUT2D eigenvalue weighted by Gasteiger charge is -2.35. The fraction of sp³-hybridized carbons (Fsp3) is 0.650. The second-order valence-electron chi connectivity index (χ2n) is 7.43. The second kappa shape index (κ2) is 8.75. The van der Waals surface area contributed by atoms with Gasteiger partial charge in [0.1, 0.15) is 0 Å². The molecule has 0 spiro atoms. The van der Waals surface area contributed by atoms with Crippen LogP contribution < -0.4 is 5.32 Å². The number of carbonyl (C=O) groups excluding carboxylic acids is 1. The number of anilines is 1. The van der Waals surface area contributed by atoms with Crippen molar-refractivity contribution in [3.05, 3.63) is 29.3 Å². The quantitative estimate of drug-likeness (QED) is 0.774. The largest absolute Gasteiger partial charge is 0.543 e. The maximum Gasteiger partial charge on any atom is 0.378 e. The first-order valence-corrected chi connectivity index (χ1v) is 9.70. The SMILES string of the molecule is [B]OC(=O)C(CCCC)C1CCN(Cc2cccc3c2NCC3)CC1. The molecule has 2 aliphatic heterocycles. The molecule has 4 nitrogen and oxygen atoms in total. The molecule has 1 aromatic rings. The van der Waals surface area contributed by atoms with E-state index in [1.165, 1.54) is 16.8 Å². The maximum atomic E-state index is 12.0. The molecular formula is C20H29BN2O2. The van der Waals surface area contributed by atoms with Crippen molar-refractivity contribution in [2.75, 3.05) is 25.0 Å². The summed E-state index contributed by atoms with van der Waals surface area (Å²) in [6.07, 6.45) is 6.28. The Bertz CT molecular complexity index is 585. The van der Waals surface area contributed by atoms with Crippen molar-refractivity contribution < 1.29 is 9.45 Å². The number of unbranched alkanes of at least 4 members (excludes halogenated alkanes) is 1. The maximum absolute atomic E-state index is 12.0. The van der Waals surface area contributed by atoms with Gasteiger partial charge in [0.15, 0.2) is 0 Å². The number of benzene rings is 1. The predicted octanol–water partition coefficient (Wildman–Crippen LogP) is 3.30. The van der Waals surface area contributed by atoms with Crippen LogP contribution in [-0.4, -0.2) is 38.6 Å². The molecule has 0 aliphatic carbocycles. The van der Waals surface area contributed by atoms with Gasteiger partial charge in [0.05, 0.1) is 5.92 Å². The van der Waals surface area contributed by atoms with Crippen molar-refractivity contribution in [3.8, 4) is 0 Å². The molecule has 134 valence electrons. The summed E-state index contributed by atoms with van der Waals surface area (Å²) in [5.74, 6) is 0.144. The molecule has 0 aromatic heterocycles. The van der Waals surface area contributed by atoms with Crippen molar-refractivity contribution >= 4 is 19.7 Å². The Hall–Kier alpha value is -1.49. The fourth-order valence-electron chi connectivity index (χ4n) is 4.35. The smallest absolute Gasteiger partial charge is 0.378 e. The number of hydrogen-bond acceptors (Lipinski definition) is 4. The number of fused-ring (bicyclic) bond motifs is 1. The molecule has 1 N–H and O–H groups in total. The Labute approximate surface area is 152 Å². The van der Waals surface area contributed by atoms with Gasteiger partial charge < -0.3 is 9.97 Å². The standard InChI is InChI=1S/C20H29BN2O2/c1-2-3-7-18(20(24)25-21)15-9-12-23(13-10-15)14-17-6-4-5-16-8-11-22-19(16)17/h4-6,15,18,22H,2-3,7-14H2,1H3. The van der Waals surface area contributed by atoms with Crippen molar-refractivity contribution in [3.63, 3.8) is 0 Å². The lowest BCUT2D eigenvalue weighted by atomic mass is 9.81. The van der Waals surface area contributed by atoms with Gasteiger partial charge in [0, 0.05) is 18.8 Å². The average molecular weight is 340 g/mol. The van der Waals surface area contributed by atoms with Crippen molar-refractivity contribution in [2.24, 2.45) is 11.8 Å². The van der Waals surface area contributed by atoms with Gasteiger partial charge in [-0.1, -0.05) is 38.0 Å². The van der Waals surface area contributed by atoms with E-state index in [2.05, 4.69) is 40.0 Å². The minimum atomic E-state index is -0.225. The Morgan fingerprint density at radius 1 is 1.40 bits per heavy atom. The van der Waals surface area contributed by atoms with E-state index in [1.807, 2.05) is 0 Å². The van der Waals surface area contributed by atoms with Gasteiger partial charge in [-0.15, -0.1) is 0 Å². The van der Waals surface area contributed by atoms with Crippen molar-refractivity contribution in [2.45, 2.75) is 52.0 Å². The highest BCUT2D eigenvalue weighted by molar-refractivity contribution is 6.05. The number of para-hydroxylation sites is 1. The van der Waals surface area contributed by atoms with E-state index in [4.69, 9.17) is 8.05 Å². The summed E-state index contributed by atoms with van der Waals surface area (Å²) in [6, 6.07) is 6.63. The zero-order chi connectivity index (χ0) is 17.6. The van der Waals surface area contributed by atoms with Crippen LogP contribution in [-0.2, 0) is 22.4 Å². The molecular weight excluding hydrogens is 311 g/mol. The molecule has 1 atom stereocenters. The Kier molecular flexibility index (Phi) is 6.41. The summed E-state index contributed by atoms with van der Waals surface area (Å²) in [7, 11) is 5.17. The molecule has 2 heterocycles. The molecule has 0 bridgehead atoms. The Morgan fingerprint density at radius 2 is 2.20 bits per heavy atom. The van der Waals surface area contributed by atoms with E-state index in [0.717, 1.165) is 64.7 Å². The summed E-state index contributed by atoms with van der Waals surface area (Å²) >= 11 is 0. The van der Waals surface area contributed by atoms with Crippen LogP contribution in [0.15, 0.2) is 18.2 Å². The normalized spacial score (nSPS) is 19.2. The molecule has 1 fully saturated rings. The van der Waals surface area contributed by atoms with Crippen LogP contribution in [0.4, 0.5) is 5.69 Å². The lowest BCUT2D eigenvalue weighted by molar-refractivity contribution is -0.141. The Morgan fingerprint density at radius 3 is 2.92 bits per heavy atom. The molecule has 0 saturated carbocycles. The van der Waals surface area contributed by atoms with Gasteiger partial charge in [-0.05, 0) is 55.8 Å². The molecule has 2 radical (unpaired) electrons. The summed E-state index contributed by atoms with van der Waals surface area (Å²) in [5, 5.41) is 3.53. The minimum Gasteiger partial charge on any atom is -0.543 e. The first kappa shape index (κ1) is 18.3. The number of piperidine rings is 1. The summed E-state index contributed by atoms with van der Waals surface area (Å²) in [6.45, 7) is 6.27. The van der Waals surface area contributed by atoms with Crippen LogP contribution in [0.1, 0.15) is 50.2 Å². The van der Waals surface area contributed by atoms with E-state index in [-0.39, 0.29) is 11.9 Å². The van der Waals surface area contributed by atoms with Crippen LogP contribution in [0, 0.1) is 11.8 Å². The monoisotopic (exact) mass is 340 g/mol. The van der Waals surface area contributed by atoms with Gasteiger partial charge >= 0.3 is 8.05 Å². The number of likely N-dealkylation sites (tertiary alicyclic amines) is 1. The van der Waals surface area contributed by atoms with Crippen molar-refractivity contribution in [1.82, 2.24) is 4.90 Å². The third kappa shape index (κ3) is 4.38. The number of carbonyl (C=O) groups is 1. The van der Waals surface area contributed by atoms with Crippen LogP contribution in [0.25, 0.3) is 0 Å². The number of nitrogens with one attached hydrogen (secondary N) is 1. The zero-order valence-electron chi connectivity index (χ0n) is 15.3. The summed E-state index contributed by atoms with van der Waals surface area (Å²) < 4.78 is 4.57. The van der Waals surface area contributed by atoms with Crippen LogP contribution in [0.3, 0.4) is 0 Å². The van der Waals surface area contributed by atoms with E-state index in [0.29, 0.717) is 5.92 Å². The molecule has 1 aromatic carbocycles. The number of hydrogen-bond donors (Lipinski definition) is 1. The van der Waals surface area contributed by atoms with E-state index in [9.17, 15) is 4.79 Å². The lowest BCUT2D eigenvalue weighted by Crippen LogP contribution is -2.38. The fourth-order valence-corrected chi connectivity index (χ4v) is 4.35. The van der Waals surface area contributed by atoms with E-state index in [1.54, 1.807) is 0 Å². The van der Waals surface area contributed by atoms with Gasteiger partial charge in [-0.25, -0.2) is 0 Å². The highest BCUT2D eigenvalue weighted by Crippen LogP contribution is 2.32. The number of nitrogens with zero attached hydrogens (tertiary/aromatic N) is 1. The van der Waals surface area contributed by atoms with Gasteiger partial charge in [-0.3, -0.25) is 9.69 Å². The molecule has 25 heavy (non-hydrogen) atoms. The van der Waals surface area contributed by atoms with Crippen LogP contribution in [0.2, 0.25) is 0 Å². The minimum absolute atomic E-state index is 0.0326. The topological polar surface area (TPSA) is 41.6 Å². The molecule has 0 amide bonds. The molecule has 3 rings (SSSR count). The first-order chi connectivity index (χ1) is 12.2. The van der Waals surface area contributed by atoms with Crippen LogP contribution >= 0.6 is 0 Å². The van der Waals surface area contributed by atoms with Gasteiger partial charge in [0.25, 0.3) is 5.97 Å². The number of rotatable bonds is 7. The summed E-state index contributed by atoms with van der Waals surface area (Å²) in [5.41, 5.74) is 4.19. The van der Waals surface area contributed by atoms with Gasteiger partial charge in [0.2, 0.25) is 0 Å². The predicted molar refractivity (Wildman–Crippen MR) is 101 cm³/mol. The molecule has 1 saturated heterocycles. The van der Waals surface area contributed by atoms with Crippen molar-refractivity contribution in [1.29, 1.82) is 0 Å². The highest BCUT2D eigenvalue weighted by Gasteiger charge is 2.31. The molecule has 1 unspecified atom stereocenters. The van der Waals surface area contributed by atoms with Crippen LogP contribution in [0.5, 0.6) is 0 Å². The highest BCUT2D eigenvalue weighted by atomic mass is 16.5. The average Bonchev–Trinajstić information content (AvgIpc) is 3.13. The Balaban J connectivity index is 1.56. The van der Waals surface area contributed by atoms with E-state index >= 15 is 0 Å².